The van der Waals surface area contributed by atoms with Crippen LogP contribution >= 0.6 is 0 Å². The molecule has 0 amide bonds. The van der Waals surface area contributed by atoms with Crippen molar-refractivity contribution in [3.05, 3.63) is 47.8 Å². The minimum atomic E-state index is 0.864. The molecule has 3 rings (SSSR count). The quantitative estimate of drug-likeness (QED) is 0.830. The van der Waals surface area contributed by atoms with Crippen LogP contribution in [-0.2, 0) is 19.5 Å². The molecule has 0 radical (unpaired) electrons. The van der Waals surface area contributed by atoms with Gasteiger partial charge < -0.3 is 5.73 Å². The van der Waals surface area contributed by atoms with Gasteiger partial charge in [-0.15, -0.1) is 0 Å². The van der Waals surface area contributed by atoms with E-state index < -0.39 is 0 Å². The molecule has 1 aromatic heterocycles. The van der Waals surface area contributed by atoms with Gasteiger partial charge in [0.1, 0.15) is 0 Å². The summed E-state index contributed by atoms with van der Waals surface area (Å²) in [5.74, 6) is 0. The lowest BCUT2D eigenvalue weighted by atomic mass is 9.99. The van der Waals surface area contributed by atoms with Gasteiger partial charge in [0.15, 0.2) is 0 Å². The summed E-state index contributed by atoms with van der Waals surface area (Å²) < 4.78 is 1.98. The lowest BCUT2D eigenvalue weighted by Crippen LogP contribution is -2.33. The largest absolute Gasteiger partial charge is 0.399 e. The molecule has 0 fully saturated rings. The van der Waals surface area contributed by atoms with E-state index in [-0.39, 0.29) is 0 Å². The van der Waals surface area contributed by atoms with Gasteiger partial charge in [-0.05, 0) is 35.7 Å². The topological polar surface area (TPSA) is 47.1 Å². The van der Waals surface area contributed by atoms with Gasteiger partial charge in [0.05, 0.1) is 6.54 Å². The zero-order chi connectivity index (χ0) is 12.4. The van der Waals surface area contributed by atoms with E-state index in [0.717, 1.165) is 38.3 Å². The van der Waals surface area contributed by atoms with E-state index in [4.69, 9.17) is 5.73 Å². The number of nitrogens with zero attached hydrogens (tertiary/aromatic N) is 3. The van der Waals surface area contributed by atoms with Gasteiger partial charge in [0.2, 0.25) is 0 Å². The van der Waals surface area contributed by atoms with Crippen LogP contribution in [0.25, 0.3) is 0 Å². The third-order valence-electron chi connectivity index (χ3n) is 3.53. The Kier molecular flexibility index (Phi) is 3.02. The Morgan fingerprint density at radius 1 is 1.22 bits per heavy atom. The van der Waals surface area contributed by atoms with Crippen LogP contribution in [0.15, 0.2) is 36.7 Å². The standard InChI is InChI=1S/C14H18N4/c15-14-3-2-12-4-7-17(11-13(12)10-14)8-9-18-6-1-5-16-18/h1-3,5-6,10H,4,7-9,11,15H2. The van der Waals surface area contributed by atoms with Crippen LogP contribution in [0.2, 0.25) is 0 Å². The highest BCUT2D eigenvalue weighted by Crippen LogP contribution is 2.21. The van der Waals surface area contributed by atoms with Crippen molar-refractivity contribution in [1.29, 1.82) is 0 Å². The number of hydrogen-bond acceptors (Lipinski definition) is 3. The maximum absolute atomic E-state index is 5.85. The molecule has 18 heavy (non-hydrogen) atoms. The molecule has 2 N–H and O–H groups in total. The van der Waals surface area contributed by atoms with E-state index in [1.165, 1.54) is 11.1 Å². The molecule has 4 heteroatoms. The molecule has 0 atom stereocenters. The van der Waals surface area contributed by atoms with Gasteiger partial charge in [0.25, 0.3) is 0 Å². The average molecular weight is 242 g/mol. The van der Waals surface area contributed by atoms with Crippen molar-refractivity contribution in [2.75, 3.05) is 18.8 Å². The van der Waals surface area contributed by atoms with Crippen LogP contribution in [0, 0.1) is 0 Å². The summed E-state index contributed by atoms with van der Waals surface area (Å²) in [6.07, 6.45) is 4.96. The van der Waals surface area contributed by atoms with Gasteiger partial charge in [-0.2, -0.15) is 5.10 Å². The molecule has 1 aliphatic rings. The number of nitrogen functional groups attached to an aromatic ring is 1. The maximum atomic E-state index is 5.85. The molecule has 2 heterocycles. The van der Waals surface area contributed by atoms with Gasteiger partial charge in [0, 0.05) is 37.7 Å². The van der Waals surface area contributed by atoms with Crippen molar-refractivity contribution in [2.24, 2.45) is 0 Å². The maximum Gasteiger partial charge on any atom is 0.0536 e. The second kappa shape index (κ2) is 4.82. The highest BCUT2D eigenvalue weighted by molar-refractivity contribution is 5.45. The summed E-state index contributed by atoms with van der Waals surface area (Å²) >= 11 is 0. The van der Waals surface area contributed by atoms with E-state index in [1.54, 1.807) is 0 Å². The van der Waals surface area contributed by atoms with Crippen LogP contribution in [0.5, 0.6) is 0 Å². The summed E-state index contributed by atoms with van der Waals surface area (Å²) in [4.78, 5) is 2.46. The van der Waals surface area contributed by atoms with E-state index in [1.807, 2.05) is 29.2 Å². The Morgan fingerprint density at radius 2 is 2.17 bits per heavy atom. The highest BCUT2D eigenvalue weighted by Gasteiger charge is 2.15. The molecule has 0 bridgehead atoms. The Bertz CT molecular complexity index is 519. The fourth-order valence-corrected chi connectivity index (χ4v) is 2.50. The average Bonchev–Trinajstić information content (AvgIpc) is 2.89. The number of anilines is 1. The third-order valence-corrected chi connectivity index (χ3v) is 3.53. The van der Waals surface area contributed by atoms with Crippen LogP contribution < -0.4 is 5.73 Å². The normalized spacial score (nSPS) is 15.6. The first-order valence-corrected chi connectivity index (χ1v) is 6.38. The highest BCUT2D eigenvalue weighted by atomic mass is 15.3. The molecular weight excluding hydrogens is 224 g/mol. The molecule has 0 saturated heterocycles. The van der Waals surface area contributed by atoms with Crippen molar-refractivity contribution in [3.63, 3.8) is 0 Å². The Morgan fingerprint density at radius 3 is 3.00 bits per heavy atom. The lowest BCUT2D eigenvalue weighted by molar-refractivity contribution is 0.240. The fourth-order valence-electron chi connectivity index (χ4n) is 2.50. The number of rotatable bonds is 3. The van der Waals surface area contributed by atoms with Crippen molar-refractivity contribution in [3.8, 4) is 0 Å². The summed E-state index contributed by atoms with van der Waals surface area (Å²) in [5.41, 5.74) is 9.53. The Balaban J connectivity index is 1.63. The summed E-state index contributed by atoms with van der Waals surface area (Å²) in [7, 11) is 0. The van der Waals surface area contributed by atoms with Crippen molar-refractivity contribution < 1.29 is 0 Å². The number of benzene rings is 1. The summed E-state index contributed by atoms with van der Waals surface area (Å²) in [5, 5.41) is 4.23. The van der Waals surface area contributed by atoms with Crippen LogP contribution in [-0.4, -0.2) is 27.8 Å². The van der Waals surface area contributed by atoms with Crippen LogP contribution in [0.3, 0.4) is 0 Å². The van der Waals surface area contributed by atoms with Crippen molar-refractivity contribution >= 4 is 5.69 Å². The molecule has 0 unspecified atom stereocenters. The first-order valence-electron chi connectivity index (χ1n) is 6.38. The first kappa shape index (κ1) is 11.3. The zero-order valence-corrected chi connectivity index (χ0v) is 10.4. The third kappa shape index (κ3) is 2.38. The van der Waals surface area contributed by atoms with Crippen molar-refractivity contribution in [1.82, 2.24) is 14.7 Å². The molecule has 2 aromatic rings. The number of fused-ring (bicyclic) bond motifs is 1. The van der Waals surface area contributed by atoms with E-state index in [2.05, 4.69) is 22.1 Å². The lowest BCUT2D eigenvalue weighted by Gasteiger charge is -2.28. The molecule has 0 aliphatic carbocycles. The monoisotopic (exact) mass is 242 g/mol. The Labute approximate surface area is 107 Å². The van der Waals surface area contributed by atoms with Gasteiger partial charge in [-0.3, -0.25) is 9.58 Å². The molecular formula is C14H18N4. The van der Waals surface area contributed by atoms with E-state index in [0.29, 0.717) is 0 Å². The molecule has 0 spiro atoms. The first-order chi connectivity index (χ1) is 8.81. The second-order valence-electron chi connectivity index (χ2n) is 4.82. The minimum absolute atomic E-state index is 0.864. The fraction of sp³-hybridized carbons (Fsp3) is 0.357. The number of hydrogen-bond donors (Lipinski definition) is 1. The van der Waals surface area contributed by atoms with Gasteiger partial charge >= 0.3 is 0 Å². The van der Waals surface area contributed by atoms with Crippen molar-refractivity contribution in [2.45, 2.75) is 19.5 Å². The summed E-state index contributed by atoms with van der Waals surface area (Å²) in [6.45, 7) is 4.11. The zero-order valence-electron chi connectivity index (χ0n) is 10.4. The molecule has 1 aliphatic heterocycles. The van der Waals surface area contributed by atoms with Gasteiger partial charge in [-0.25, -0.2) is 0 Å². The van der Waals surface area contributed by atoms with E-state index >= 15 is 0 Å². The smallest absolute Gasteiger partial charge is 0.0536 e. The molecule has 0 saturated carbocycles. The van der Waals surface area contributed by atoms with E-state index in [9.17, 15) is 0 Å². The predicted molar refractivity (Wildman–Crippen MR) is 72.1 cm³/mol. The molecule has 4 nitrogen and oxygen atoms in total. The summed E-state index contributed by atoms with van der Waals surface area (Å²) in [6, 6.07) is 8.23. The predicted octanol–water partition coefficient (Wildman–Crippen LogP) is 1.52. The molecule has 94 valence electrons. The SMILES string of the molecule is Nc1ccc2c(c1)CN(CCn1cccn1)CC2. The minimum Gasteiger partial charge on any atom is -0.399 e. The second-order valence-corrected chi connectivity index (χ2v) is 4.82. The molecule has 1 aromatic carbocycles. The number of nitrogens with two attached hydrogens (primary N) is 1. The number of aromatic nitrogens is 2. The van der Waals surface area contributed by atoms with Crippen LogP contribution in [0.4, 0.5) is 5.69 Å². The van der Waals surface area contributed by atoms with Gasteiger partial charge in [-0.1, -0.05) is 6.07 Å². The van der Waals surface area contributed by atoms with Crippen LogP contribution in [0.1, 0.15) is 11.1 Å². The Hall–Kier alpha value is -1.81.